The van der Waals surface area contributed by atoms with Crippen LogP contribution >= 0.6 is 11.3 Å². The van der Waals surface area contributed by atoms with Crippen molar-refractivity contribution in [2.45, 2.75) is 79.0 Å². The molecule has 0 aliphatic heterocycles. The number of unbranched alkanes of at least 4 members (excludes halogenated alkanes) is 3. The Bertz CT molecular complexity index is 616. The van der Waals surface area contributed by atoms with Crippen molar-refractivity contribution in [3.8, 4) is 0 Å². The van der Waals surface area contributed by atoms with Crippen LogP contribution in [0.4, 0.5) is 4.39 Å². The van der Waals surface area contributed by atoms with E-state index in [4.69, 9.17) is 4.98 Å². The van der Waals surface area contributed by atoms with Crippen LogP contribution in [-0.4, -0.2) is 23.4 Å². The number of benzene rings is 1. The Morgan fingerprint density at radius 3 is 1.92 bits per heavy atom. The summed E-state index contributed by atoms with van der Waals surface area (Å²) >= 11 is -0.410. The molecule has 0 amide bonds. The molecule has 0 N–H and O–H groups in total. The molecular formula is C22H34FNSSn. The van der Waals surface area contributed by atoms with Crippen molar-refractivity contribution < 1.29 is 4.39 Å². The van der Waals surface area contributed by atoms with Crippen LogP contribution in [0.3, 0.4) is 0 Å². The average Bonchev–Trinajstić information content (AvgIpc) is 3.12. The normalized spacial score (nSPS) is 11.8. The second kappa shape index (κ2) is 11.4. The molecule has 0 atom stereocenters. The second-order valence-electron chi connectivity index (χ2n) is 7.53. The van der Waals surface area contributed by atoms with Crippen LogP contribution in [0.25, 0.3) is 0 Å². The van der Waals surface area contributed by atoms with Crippen molar-refractivity contribution in [3.63, 3.8) is 0 Å². The molecule has 0 fully saturated rings. The zero-order chi connectivity index (χ0) is 18.8. The molecule has 1 aromatic heterocycles. The topological polar surface area (TPSA) is 12.9 Å². The Morgan fingerprint density at radius 2 is 1.42 bits per heavy atom. The van der Waals surface area contributed by atoms with E-state index in [9.17, 15) is 4.39 Å². The van der Waals surface area contributed by atoms with Gasteiger partial charge in [-0.25, -0.2) is 0 Å². The average molecular weight is 482 g/mol. The Kier molecular flexibility index (Phi) is 9.61. The molecule has 0 aliphatic carbocycles. The SMILES string of the molecule is CCC[CH2][Sn]([CH2]CCC)([CH2]CCC)[c]1ncc(Cc2ccc(F)cc2)s1. The fourth-order valence-electron chi connectivity index (χ4n) is 3.68. The molecule has 0 saturated carbocycles. The van der Waals surface area contributed by atoms with Crippen molar-refractivity contribution in [2.24, 2.45) is 0 Å². The minimum absolute atomic E-state index is 0.160. The summed E-state index contributed by atoms with van der Waals surface area (Å²) in [5.41, 5.74) is 1.18. The third kappa shape index (κ3) is 6.33. The Hall–Kier alpha value is -0.421. The number of nitrogens with zero attached hydrogens (tertiary/aromatic N) is 1. The van der Waals surface area contributed by atoms with Crippen LogP contribution in [0.5, 0.6) is 0 Å². The summed E-state index contributed by atoms with van der Waals surface area (Å²) in [6, 6.07) is 6.92. The third-order valence-electron chi connectivity index (χ3n) is 5.33. The van der Waals surface area contributed by atoms with E-state index in [1.165, 1.54) is 62.3 Å². The fraction of sp³-hybridized carbons (Fsp3) is 0.591. The third-order valence-corrected chi connectivity index (χ3v) is 24.1. The summed E-state index contributed by atoms with van der Waals surface area (Å²) in [5, 5.41) is 0. The van der Waals surface area contributed by atoms with Gasteiger partial charge in [0.05, 0.1) is 0 Å². The quantitative estimate of drug-likeness (QED) is 0.299. The van der Waals surface area contributed by atoms with Gasteiger partial charge >= 0.3 is 168 Å². The molecule has 0 unspecified atom stereocenters. The van der Waals surface area contributed by atoms with E-state index < -0.39 is 18.4 Å². The molecule has 2 rings (SSSR count). The van der Waals surface area contributed by atoms with Gasteiger partial charge in [-0.05, 0) is 0 Å². The van der Waals surface area contributed by atoms with Gasteiger partial charge in [-0.1, -0.05) is 0 Å². The molecule has 1 heterocycles. The van der Waals surface area contributed by atoms with Crippen LogP contribution in [-0.2, 0) is 6.42 Å². The zero-order valence-electron chi connectivity index (χ0n) is 16.7. The second-order valence-corrected chi connectivity index (χ2v) is 22.6. The van der Waals surface area contributed by atoms with Crippen LogP contribution < -0.4 is 3.02 Å². The van der Waals surface area contributed by atoms with Gasteiger partial charge in [0.1, 0.15) is 0 Å². The van der Waals surface area contributed by atoms with E-state index in [-0.39, 0.29) is 5.82 Å². The van der Waals surface area contributed by atoms with E-state index in [2.05, 4.69) is 27.0 Å². The number of rotatable bonds is 12. The number of hydrogen-bond acceptors (Lipinski definition) is 2. The van der Waals surface area contributed by atoms with Gasteiger partial charge in [0, 0.05) is 0 Å². The molecule has 0 saturated heterocycles. The van der Waals surface area contributed by atoms with Crippen molar-refractivity contribution in [3.05, 3.63) is 46.7 Å². The van der Waals surface area contributed by atoms with Crippen molar-refractivity contribution in [1.82, 2.24) is 4.98 Å². The van der Waals surface area contributed by atoms with Gasteiger partial charge in [-0.15, -0.1) is 0 Å². The van der Waals surface area contributed by atoms with E-state index in [1.54, 1.807) is 15.2 Å². The first-order valence-corrected chi connectivity index (χ1v) is 18.6. The number of aromatic nitrogens is 1. The number of thiazole rings is 1. The van der Waals surface area contributed by atoms with Crippen molar-refractivity contribution in [1.29, 1.82) is 0 Å². The number of hydrogen-bond donors (Lipinski definition) is 0. The van der Waals surface area contributed by atoms with E-state index in [1.807, 2.05) is 23.5 Å². The van der Waals surface area contributed by atoms with Gasteiger partial charge in [-0.2, -0.15) is 0 Å². The molecule has 1 nitrogen and oxygen atoms in total. The van der Waals surface area contributed by atoms with Gasteiger partial charge in [0.15, 0.2) is 0 Å². The molecule has 1 aromatic carbocycles. The summed E-state index contributed by atoms with van der Waals surface area (Å²) < 4.78 is 19.1. The molecule has 0 aliphatic rings. The van der Waals surface area contributed by atoms with Gasteiger partial charge < -0.3 is 0 Å². The van der Waals surface area contributed by atoms with Gasteiger partial charge in [-0.3, -0.25) is 0 Å². The number of halogens is 1. The predicted octanol–water partition coefficient (Wildman–Crippen LogP) is 6.93. The molecule has 2 aromatic rings. The summed E-state index contributed by atoms with van der Waals surface area (Å²) in [5.74, 6) is -0.160. The molecule has 0 radical (unpaired) electrons. The van der Waals surface area contributed by atoms with Crippen molar-refractivity contribution >= 4 is 32.7 Å². The summed E-state index contributed by atoms with van der Waals surface area (Å²) in [6.07, 6.45) is 11.0. The molecule has 0 spiro atoms. The summed E-state index contributed by atoms with van der Waals surface area (Å²) in [7, 11) is 0. The molecule has 26 heavy (non-hydrogen) atoms. The molecular weight excluding hydrogens is 448 g/mol. The van der Waals surface area contributed by atoms with Crippen molar-refractivity contribution in [2.75, 3.05) is 0 Å². The summed E-state index contributed by atoms with van der Waals surface area (Å²) in [4.78, 5) is 6.34. The van der Waals surface area contributed by atoms with Crippen LogP contribution in [0.2, 0.25) is 13.3 Å². The Morgan fingerprint density at radius 1 is 0.885 bits per heavy atom. The van der Waals surface area contributed by atoms with Gasteiger partial charge in [0.25, 0.3) is 0 Å². The van der Waals surface area contributed by atoms with Gasteiger partial charge in [0.2, 0.25) is 0 Å². The molecule has 0 bridgehead atoms. The molecule has 4 heteroatoms. The Balaban J connectivity index is 2.22. The van der Waals surface area contributed by atoms with E-state index >= 15 is 0 Å². The first kappa shape index (κ1) is 21.9. The predicted molar refractivity (Wildman–Crippen MR) is 116 cm³/mol. The maximum absolute atomic E-state index is 13.1. The van der Waals surface area contributed by atoms with Crippen LogP contribution in [0.1, 0.15) is 69.7 Å². The Labute approximate surface area is 167 Å². The van der Waals surface area contributed by atoms with Crippen LogP contribution in [0, 0.1) is 5.82 Å². The first-order chi connectivity index (χ1) is 12.6. The van der Waals surface area contributed by atoms with E-state index in [0.29, 0.717) is 0 Å². The maximum atomic E-state index is 13.1. The molecule has 144 valence electrons. The monoisotopic (exact) mass is 483 g/mol. The van der Waals surface area contributed by atoms with E-state index in [0.717, 1.165) is 6.42 Å². The zero-order valence-corrected chi connectivity index (χ0v) is 20.4. The standard InChI is InChI=1S/C10H7FNS.3C4H9.Sn/c11-9-3-1-8(2-4-9)5-10-6-12-7-13-10;3*1-3-4-2;/h1-4,6H,5H2;3*1,3-4H2,2H3;. The van der Waals surface area contributed by atoms with Crippen LogP contribution in [0.15, 0.2) is 30.5 Å². The minimum atomic E-state index is -2.39. The summed E-state index contributed by atoms with van der Waals surface area (Å²) in [6.45, 7) is 6.95. The first-order valence-electron chi connectivity index (χ1n) is 10.3. The fourth-order valence-corrected chi connectivity index (χ4v) is 23.4.